The van der Waals surface area contributed by atoms with E-state index in [1.165, 1.54) is 4.68 Å². The van der Waals surface area contributed by atoms with Gasteiger partial charge in [0.05, 0.1) is 0 Å². The van der Waals surface area contributed by atoms with Crippen molar-refractivity contribution in [3.63, 3.8) is 0 Å². The molecule has 0 aromatic carbocycles. The predicted octanol–water partition coefficient (Wildman–Crippen LogP) is 1.26. The van der Waals surface area contributed by atoms with E-state index in [1.54, 1.807) is 13.1 Å². The van der Waals surface area contributed by atoms with Crippen LogP contribution in [0.15, 0.2) is 6.07 Å². The first-order chi connectivity index (χ1) is 7.60. The van der Waals surface area contributed by atoms with Gasteiger partial charge in [0.15, 0.2) is 0 Å². The van der Waals surface area contributed by atoms with Gasteiger partial charge in [0.25, 0.3) is 5.91 Å². The predicted molar refractivity (Wildman–Crippen MR) is 64.1 cm³/mol. The van der Waals surface area contributed by atoms with Crippen LogP contribution in [0.4, 0.5) is 5.82 Å². The van der Waals surface area contributed by atoms with E-state index in [0.717, 1.165) is 25.9 Å². The average molecular weight is 224 g/mol. The van der Waals surface area contributed by atoms with E-state index in [-0.39, 0.29) is 5.91 Å². The number of aromatic nitrogens is 2. The van der Waals surface area contributed by atoms with Crippen molar-refractivity contribution in [1.82, 2.24) is 14.7 Å². The highest BCUT2D eigenvalue weighted by molar-refractivity contribution is 5.93. The van der Waals surface area contributed by atoms with E-state index in [1.807, 2.05) is 4.90 Å². The van der Waals surface area contributed by atoms with Gasteiger partial charge in [0, 0.05) is 26.2 Å². The summed E-state index contributed by atoms with van der Waals surface area (Å²) in [6.45, 7) is 5.68. The molecule has 0 aliphatic rings. The lowest BCUT2D eigenvalue weighted by atomic mass is 10.3. The molecular weight excluding hydrogens is 204 g/mol. The van der Waals surface area contributed by atoms with Crippen molar-refractivity contribution in [2.75, 3.05) is 18.8 Å². The molecule has 0 radical (unpaired) electrons. The second-order valence-electron chi connectivity index (χ2n) is 3.87. The zero-order valence-electron chi connectivity index (χ0n) is 10.2. The van der Waals surface area contributed by atoms with E-state index in [4.69, 9.17) is 5.73 Å². The van der Waals surface area contributed by atoms with Crippen LogP contribution < -0.4 is 5.73 Å². The molecule has 0 saturated heterocycles. The van der Waals surface area contributed by atoms with E-state index < -0.39 is 0 Å². The number of rotatable bonds is 5. The summed E-state index contributed by atoms with van der Waals surface area (Å²) in [5.74, 6) is 0.397. The number of carbonyl (C=O) groups excluding carboxylic acids is 1. The van der Waals surface area contributed by atoms with Gasteiger partial charge in [-0.15, -0.1) is 0 Å². The Morgan fingerprint density at radius 2 is 2.00 bits per heavy atom. The average Bonchev–Trinajstić information content (AvgIpc) is 2.56. The third-order valence-electron chi connectivity index (χ3n) is 2.39. The van der Waals surface area contributed by atoms with Crippen molar-refractivity contribution in [1.29, 1.82) is 0 Å². The number of nitrogen functional groups attached to an aromatic ring is 1. The number of amides is 1. The Hall–Kier alpha value is -1.52. The van der Waals surface area contributed by atoms with Crippen LogP contribution in [0, 0.1) is 0 Å². The lowest BCUT2D eigenvalue weighted by Gasteiger charge is -2.21. The second-order valence-corrected chi connectivity index (χ2v) is 3.87. The van der Waals surface area contributed by atoms with Crippen molar-refractivity contribution >= 4 is 11.7 Å². The third-order valence-corrected chi connectivity index (χ3v) is 2.39. The number of carbonyl (C=O) groups is 1. The Labute approximate surface area is 96.2 Å². The van der Waals surface area contributed by atoms with Crippen LogP contribution in [0.1, 0.15) is 37.2 Å². The number of aryl methyl sites for hydroxylation is 1. The summed E-state index contributed by atoms with van der Waals surface area (Å²) in [7, 11) is 1.74. The Bertz CT molecular complexity index is 353. The smallest absolute Gasteiger partial charge is 0.272 e. The van der Waals surface area contributed by atoms with Gasteiger partial charge in [-0.3, -0.25) is 9.48 Å². The van der Waals surface area contributed by atoms with E-state index in [9.17, 15) is 4.79 Å². The highest BCUT2D eigenvalue weighted by Crippen LogP contribution is 2.09. The Balaban J connectivity index is 2.85. The Morgan fingerprint density at radius 1 is 1.44 bits per heavy atom. The third kappa shape index (κ3) is 2.74. The minimum Gasteiger partial charge on any atom is -0.382 e. The molecule has 5 heteroatoms. The molecule has 1 aromatic rings. The fourth-order valence-corrected chi connectivity index (χ4v) is 1.71. The molecule has 0 fully saturated rings. The molecule has 1 aromatic heterocycles. The molecule has 1 rings (SSSR count). The van der Waals surface area contributed by atoms with Gasteiger partial charge < -0.3 is 10.6 Å². The number of hydrogen-bond acceptors (Lipinski definition) is 3. The minimum absolute atomic E-state index is 0.00963. The van der Waals surface area contributed by atoms with Gasteiger partial charge in [0.1, 0.15) is 11.5 Å². The highest BCUT2D eigenvalue weighted by Gasteiger charge is 2.18. The van der Waals surface area contributed by atoms with E-state index in [2.05, 4.69) is 18.9 Å². The van der Waals surface area contributed by atoms with Gasteiger partial charge in [-0.05, 0) is 12.8 Å². The first-order valence-electron chi connectivity index (χ1n) is 5.68. The number of anilines is 1. The van der Waals surface area contributed by atoms with Crippen molar-refractivity contribution in [2.45, 2.75) is 26.7 Å². The summed E-state index contributed by atoms with van der Waals surface area (Å²) in [5, 5.41) is 3.98. The summed E-state index contributed by atoms with van der Waals surface area (Å²) < 4.78 is 1.54. The lowest BCUT2D eigenvalue weighted by molar-refractivity contribution is 0.0744. The van der Waals surface area contributed by atoms with Crippen LogP contribution >= 0.6 is 0 Å². The topological polar surface area (TPSA) is 64.2 Å². The maximum absolute atomic E-state index is 12.2. The van der Waals surface area contributed by atoms with Gasteiger partial charge >= 0.3 is 0 Å². The van der Waals surface area contributed by atoms with Gasteiger partial charge in [-0.25, -0.2) is 0 Å². The number of nitrogens with two attached hydrogens (primary N) is 1. The normalized spacial score (nSPS) is 10.4. The van der Waals surface area contributed by atoms with Gasteiger partial charge in [-0.1, -0.05) is 13.8 Å². The van der Waals surface area contributed by atoms with Gasteiger partial charge in [0.2, 0.25) is 0 Å². The quantitative estimate of drug-likeness (QED) is 0.819. The molecular formula is C11H20N4O. The van der Waals surface area contributed by atoms with Crippen LogP contribution in [0.25, 0.3) is 0 Å². The molecule has 2 N–H and O–H groups in total. The summed E-state index contributed by atoms with van der Waals surface area (Å²) in [4.78, 5) is 14.0. The van der Waals surface area contributed by atoms with Crippen LogP contribution in [-0.4, -0.2) is 33.7 Å². The standard InChI is InChI=1S/C11H20N4O/c1-4-6-15(7-5-2)11(16)9-8-10(12)13-14(9)3/h8H,4-7H2,1-3H3,(H2,12,13). The molecule has 0 aliphatic carbocycles. The van der Waals surface area contributed by atoms with Crippen molar-refractivity contribution in [2.24, 2.45) is 7.05 Å². The maximum atomic E-state index is 12.2. The summed E-state index contributed by atoms with van der Waals surface area (Å²) in [5.41, 5.74) is 6.12. The first-order valence-corrected chi connectivity index (χ1v) is 5.68. The molecule has 5 nitrogen and oxygen atoms in total. The first kappa shape index (κ1) is 12.5. The molecule has 90 valence electrons. The number of nitrogens with zero attached hydrogens (tertiary/aromatic N) is 3. The fourth-order valence-electron chi connectivity index (χ4n) is 1.71. The zero-order chi connectivity index (χ0) is 12.1. The van der Waals surface area contributed by atoms with Gasteiger partial charge in [-0.2, -0.15) is 5.10 Å². The molecule has 1 amide bonds. The van der Waals surface area contributed by atoms with Crippen molar-refractivity contribution in [3.05, 3.63) is 11.8 Å². The fraction of sp³-hybridized carbons (Fsp3) is 0.636. The zero-order valence-corrected chi connectivity index (χ0v) is 10.2. The van der Waals surface area contributed by atoms with Crippen LogP contribution in [-0.2, 0) is 7.05 Å². The van der Waals surface area contributed by atoms with Crippen LogP contribution in [0.5, 0.6) is 0 Å². The molecule has 16 heavy (non-hydrogen) atoms. The Kier molecular flexibility index (Phi) is 4.34. The summed E-state index contributed by atoms with van der Waals surface area (Å²) in [6, 6.07) is 1.63. The molecule has 0 spiro atoms. The molecule has 0 bridgehead atoms. The summed E-state index contributed by atoms with van der Waals surface area (Å²) in [6.07, 6.45) is 1.91. The highest BCUT2D eigenvalue weighted by atomic mass is 16.2. The Morgan fingerprint density at radius 3 is 2.38 bits per heavy atom. The molecule has 0 aliphatic heterocycles. The largest absolute Gasteiger partial charge is 0.382 e. The summed E-state index contributed by atoms with van der Waals surface area (Å²) >= 11 is 0. The lowest BCUT2D eigenvalue weighted by Crippen LogP contribution is -2.33. The monoisotopic (exact) mass is 224 g/mol. The van der Waals surface area contributed by atoms with Crippen molar-refractivity contribution in [3.8, 4) is 0 Å². The van der Waals surface area contributed by atoms with E-state index in [0.29, 0.717) is 11.5 Å². The maximum Gasteiger partial charge on any atom is 0.272 e. The van der Waals surface area contributed by atoms with Crippen molar-refractivity contribution < 1.29 is 4.79 Å². The number of hydrogen-bond donors (Lipinski definition) is 1. The molecule has 0 saturated carbocycles. The second kappa shape index (κ2) is 5.53. The molecule has 0 unspecified atom stereocenters. The molecule has 1 heterocycles. The minimum atomic E-state index is 0.00963. The van der Waals surface area contributed by atoms with E-state index >= 15 is 0 Å². The van der Waals surface area contributed by atoms with Crippen LogP contribution in [0.3, 0.4) is 0 Å². The molecule has 0 atom stereocenters. The SMILES string of the molecule is CCCN(CCC)C(=O)c1cc(N)nn1C. The van der Waals surface area contributed by atoms with Crippen LogP contribution in [0.2, 0.25) is 0 Å².